The van der Waals surface area contributed by atoms with Crippen LogP contribution in [0.25, 0.3) is 0 Å². The van der Waals surface area contributed by atoms with Gasteiger partial charge in [0.2, 0.25) is 0 Å². The molecule has 1 fully saturated rings. The fraction of sp³-hybridized carbons (Fsp3) is 0.450. The van der Waals surface area contributed by atoms with Crippen LogP contribution in [0.15, 0.2) is 54.1 Å². The fourth-order valence-corrected chi connectivity index (χ4v) is 3.21. The van der Waals surface area contributed by atoms with Crippen LogP contribution in [0, 0.1) is 5.92 Å². The van der Waals surface area contributed by atoms with E-state index in [2.05, 4.69) is 60.4 Å². The van der Waals surface area contributed by atoms with Crippen LogP contribution < -0.4 is 0 Å². The molecule has 1 aliphatic carbocycles. The van der Waals surface area contributed by atoms with Crippen molar-refractivity contribution in [3.63, 3.8) is 0 Å². The molecule has 2 nitrogen and oxygen atoms in total. The van der Waals surface area contributed by atoms with Gasteiger partial charge in [0, 0.05) is 25.0 Å². The van der Waals surface area contributed by atoms with Crippen LogP contribution in [-0.4, -0.2) is 23.8 Å². The van der Waals surface area contributed by atoms with E-state index < -0.39 is 0 Å². The van der Waals surface area contributed by atoms with E-state index in [9.17, 15) is 4.79 Å². The Kier molecular flexibility index (Phi) is 6.60. The van der Waals surface area contributed by atoms with E-state index in [4.69, 9.17) is 0 Å². The predicted octanol–water partition coefficient (Wildman–Crippen LogP) is 4.38. The number of aldehydes is 1. The quantitative estimate of drug-likeness (QED) is 0.550. The Morgan fingerprint density at radius 2 is 2.05 bits per heavy atom. The molecular weight excluding hydrogens is 270 g/mol. The molecule has 2 heteroatoms. The standard InChI is InChI=1S/C20H27NO/c1-3-4-8-17(2)14-21(15-18-9-6-5-7-10-18)20-12-11-19(13-20)16-22/h3-10,16,19-20H,11-15H2,1-2H3/b4-3-,17-8+/t19?,20-/m1/s1. The topological polar surface area (TPSA) is 20.3 Å². The third kappa shape index (κ3) is 4.96. The lowest BCUT2D eigenvalue weighted by molar-refractivity contribution is -0.111. The van der Waals surface area contributed by atoms with Gasteiger partial charge in [0.25, 0.3) is 0 Å². The SMILES string of the molecule is C/C=C\C=C(/C)CN(Cc1ccccc1)[C@@H]1CCC(C=O)C1. The Morgan fingerprint density at radius 3 is 2.68 bits per heavy atom. The van der Waals surface area contributed by atoms with Gasteiger partial charge in [0.15, 0.2) is 0 Å². The highest BCUT2D eigenvalue weighted by Gasteiger charge is 2.29. The number of nitrogens with zero attached hydrogens (tertiary/aromatic N) is 1. The third-order valence-corrected chi connectivity index (χ3v) is 4.41. The largest absolute Gasteiger partial charge is 0.303 e. The van der Waals surface area contributed by atoms with Crippen LogP contribution in [0.3, 0.4) is 0 Å². The van der Waals surface area contributed by atoms with Crippen LogP contribution >= 0.6 is 0 Å². The van der Waals surface area contributed by atoms with Gasteiger partial charge in [-0.2, -0.15) is 0 Å². The summed E-state index contributed by atoms with van der Waals surface area (Å²) in [7, 11) is 0. The van der Waals surface area contributed by atoms with Crippen molar-refractivity contribution in [2.24, 2.45) is 5.92 Å². The highest BCUT2D eigenvalue weighted by Crippen LogP contribution is 2.29. The molecule has 0 saturated heterocycles. The number of hydrogen-bond acceptors (Lipinski definition) is 2. The number of allylic oxidation sites excluding steroid dienone is 3. The van der Waals surface area contributed by atoms with Crippen molar-refractivity contribution in [2.75, 3.05) is 6.54 Å². The minimum atomic E-state index is 0.253. The van der Waals surface area contributed by atoms with Gasteiger partial charge in [-0.05, 0) is 38.7 Å². The molecule has 0 bridgehead atoms. The summed E-state index contributed by atoms with van der Waals surface area (Å²) in [5.41, 5.74) is 2.71. The second kappa shape index (κ2) is 8.70. The lowest BCUT2D eigenvalue weighted by Crippen LogP contribution is -2.34. The minimum absolute atomic E-state index is 0.253. The highest BCUT2D eigenvalue weighted by molar-refractivity contribution is 5.54. The minimum Gasteiger partial charge on any atom is -0.303 e. The molecule has 1 aliphatic rings. The molecule has 0 amide bonds. The van der Waals surface area contributed by atoms with Gasteiger partial charge in [-0.1, -0.05) is 54.1 Å². The molecule has 118 valence electrons. The zero-order valence-electron chi connectivity index (χ0n) is 13.7. The molecule has 22 heavy (non-hydrogen) atoms. The normalized spacial score (nSPS) is 22.6. The Balaban J connectivity index is 2.08. The summed E-state index contributed by atoms with van der Waals surface area (Å²) in [4.78, 5) is 13.6. The Bertz CT molecular complexity index is 518. The fourth-order valence-electron chi connectivity index (χ4n) is 3.21. The van der Waals surface area contributed by atoms with Gasteiger partial charge >= 0.3 is 0 Å². The van der Waals surface area contributed by atoms with E-state index in [-0.39, 0.29) is 5.92 Å². The first-order valence-corrected chi connectivity index (χ1v) is 8.24. The summed E-state index contributed by atoms with van der Waals surface area (Å²) in [6.07, 6.45) is 10.7. The summed E-state index contributed by atoms with van der Waals surface area (Å²) in [6, 6.07) is 11.1. The van der Waals surface area contributed by atoms with Crippen molar-refractivity contribution in [1.82, 2.24) is 4.90 Å². The van der Waals surface area contributed by atoms with Gasteiger partial charge in [0.1, 0.15) is 6.29 Å². The molecule has 0 heterocycles. The lowest BCUT2D eigenvalue weighted by atomic mass is 10.1. The van der Waals surface area contributed by atoms with Crippen LogP contribution in [0.2, 0.25) is 0 Å². The zero-order chi connectivity index (χ0) is 15.8. The maximum absolute atomic E-state index is 11.1. The van der Waals surface area contributed by atoms with Crippen molar-refractivity contribution in [2.45, 2.75) is 45.7 Å². The van der Waals surface area contributed by atoms with Crippen molar-refractivity contribution in [3.05, 3.63) is 59.7 Å². The molecule has 0 aliphatic heterocycles. The van der Waals surface area contributed by atoms with Crippen molar-refractivity contribution < 1.29 is 4.79 Å². The second-order valence-corrected chi connectivity index (χ2v) is 6.29. The van der Waals surface area contributed by atoms with Crippen molar-refractivity contribution >= 4 is 6.29 Å². The molecular formula is C20H27NO. The van der Waals surface area contributed by atoms with Crippen LogP contribution in [-0.2, 0) is 11.3 Å². The summed E-state index contributed by atoms with van der Waals surface area (Å²) < 4.78 is 0. The molecule has 1 aromatic rings. The first-order valence-electron chi connectivity index (χ1n) is 8.24. The first kappa shape index (κ1) is 16.7. The van der Waals surface area contributed by atoms with Gasteiger partial charge in [0.05, 0.1) is 0 Å². The number of hydrogen-bond donors (Lipinski definition) is 0. The van der Waals surface area contributed by atoms with E-state index in [1.807, 2.05) is 6.92 Å². The smallest absolute Gasteiger partial charge is 0.123 e. The summed E-state index contributed by atoms with van der Waals surface area (Å²) in [5, 5.41) is 0. The van der Waals surface area contributed by atoms with Gasteiger partial charge in [-0.15, -0.1) is 0 Å². The number of rotatable bonds is 7. The van der Waals surface area contributed by atoms with E-state index in [0.717, 1.165) is 38.6 Å². The lowest BCUT2D eigenvalue weighted by Gasteiger charge is -2.29. The highest BCUT2D eigenvalue weighted by atomic mass is 16.1. The molecule has 0 spiro atoms. The van der Waals surface area contributed by atoms with E-state index in [1.165, 1.54) is 11.1 Å². The summed E-state index contributed by atoms with van der Waals surface area (Å²) >= 11 is 0. The molecule has 0 aromatic heterocycles. The summed E-state index contributed by atoms with van der Waals surface area (Å²) in [6.45, 7) is 6.15. The van der Waals surface area contributed by atoms with E-state index >= 15 is 0 Å². The number of benzene rings is 1. The van der Waals surface area contributed by atoms with Gasteiger partial charge < -0.3 is 4.79 Å². The molecule has 0 N–H and O–H groups in total. The van der Waals surface area contributed by atoms with Crippen LogP contribution in [0.1, 0.15) is 38.7 Å². The average Bonchev–Trinajstić information content (AvgIpc) is 3.02. The average molecular weight is 297 g/mol. The summed E-state index contributed by atoms with van der Waals surface area (Å²) in [5.74, 6) is 0.253. The monoisotopic (exact) mass is 297 g/mol. The second-order valence-electron chi connectivity index (χ2n) is 6.29. The molecule has 0 radical (unpaired) electrons. The number of carbonyl (C=O) groups is 1. The Hall–Kier alpha value is -1.67. The van der Waals surface area contributed by atoms with E-state index in [1.54, 1.807) is 0 Å². The zero-order valence-corrected chi connectivity index (χ0v) is 13.7. The van der Waals surface area contributed by atoms with Gasteiger partial charge in [-0.25, -0.2) is 0 Å². The number of carbonyl (C=O) groups excluding carboxylic acids is 1. The maximum Gasteiger partial charge on any atom is 0.123 e. The molecule has 1 unspecified atom stereocenters. The molecule has 1 aromatic carbocycles. The van der Waals surface area contributed by atoms with Crippen LogP contribution in [0.5, 0.6) is 0 Å². The Morgan fingerprint density at radius 1 is 1.27 bits per heavy atom. The van der Waals surface area contributed by atoms with E-state index in [0.29, 0.717) is 6.04 Å². The van der Waals surface area contributed by atoms with Gasteiger partial charge in [-0.3, -0.25) is 4.90 Å². The predicted molar refractivity (Wildman–Crippen MR) is 92.6 cm³/mol. The molecule has 2 rings (SSSR count). The molecule has 1 saturated carbocycles. The van der Waals surface area contributed by atoms with Crippen molar-refractivity contribution in [3.8, 4) is 0 Å². The first-order chi connectivity index (χ1) is 10.7. The molecule has 2 atom stereocenters. The third-order valence-electron chi connectivity index (χ3n) is 4.41. The Labute approximate surface area is 134 Å². The maximum atomic E-state index is 11.1. The van der Waals surface area contributed by atoms with Crippen LogP contribution in [0.4, 0.5) is 0 Å². The van der Waals surface area contributed by atoms with Crippen molar-refractivity contribution in [1.29, 1.82) is 0 Å².